The van der Waals surface area contributed by atoms with Crippen LogP contribution in [0.15, 0.2) is 38.6 Å². The number of hydrogen-bond acceptors (Lipinski definition) is 6. The third-order valence-electron chi connectivity index (χ3n) is 3.39. The Labute approximate surface area is 141 Å². The number of ether oxygens (including phenoxy) is 3. The van der Waals surface area contributed by atoms with Crippen molar-refractivity contribution in [2.24, 2.45) is 4.99 Å². The molecule has 0 spiro atoms. The molecule has 2 aliphatic heterocycles. The summed E-state index contributed by atoms with van der Waals surface area (Å²) in [5.74, 6) is 0.495. The lowest BCUT2D eigenvalue weighted by molar-refractivity contribution is -0.138. The summed E-state index contributed by atoms with van der Waals surface area (Å²) in [6.07, 6.45) is 1.66. The predicted molar refractivity (Wildman–Crippen MR) is 87.6 cm³/mol. The van der Waals surface area contributed by atoms with Crippen LogP contribution in [-0.2, 0) is 9.53 Å². The smallest absolute Gasteiger partial charge is 0.343 e. The first-order valence-corrected chi connectivity index (χ1v) is 7.77. The lowest BCUT2D eigenvalue weighted by atomic mass is 10.1. The van der Waals surface area contributed by atoms with Crippen LogP contribution in [0.3, 0.4) is 0 Å². The number of carbonyl (C=O) groups is 1. The average molecular weight is 380 g/mol. The molecule has 0 radical (unpaired) electrons. The standard InChI is InChI=1S/C16H14BrNO5/c1-3-21-16(20)14-8(2)18-11(15(14)19)4-9-5-12-13(6-10(9)17)23-7-22-12/h4-6,19H,3,7H2,1-2H3/b11-4+. The second-order valence-electron chi connectivity index (χ2n) is 4.90. The van der Waals surface area contributed by atoms with Crippen LogP contribution in [-0.4, -0.2) is 30.2 Å². The fourth-order valence-electron chi connectivity index (χ4n) is 2.33. The number of aliphatic hydroxyl groups is 1. The van der Waals surface area contributed by atoms with Gasteiger partial charge in [-0.25, -0.2) is 9.79 Å². The maximum atomic E-state index is 11.9. The van der Waals surface area contributed by atoms with Crippen LogP contribution >= 0.6 is 15.9 Å². The summed E-state index contributed by atoms with van der Waals surface area (Å²) in [5.41, 5.74) is 1.56. The molecule has 23 heavy (non-hydrogen) atoms. The minimum Gasteiger partial charge on any atom is -0.505 e. The Balaban J connectivity index is 2.00. The lowest BCUT2D eigenvalue weighted by Crippen LogP contribution is -2.13. The quantitative estimate of drug-likeness (QED) is 0.814. The first-order chi connectivity index (χ1) is 11.0. The molecule has 0 amide bonds. The van der Waals surface area contributed by atoms with Gasteiger partial charge in [-0.15, -0.1) is 0 Å². The zero-order chi connectivity index (χ0) is 16.6. The van der Waals surface area contributed by atoms with Gasteiger partial charge < -0.3 is 19.3 Å². The zero-order valence-corrected chi connectivity index (χ0v) is 14.1. The number of esters is 1. The van der Waals surface area contributed by atoms with Gasteiger partial charge in [0.15, 0.2) is 17.3 Å². The van der Waals surface area contributed by atoms with Crippen molar-refractivity contribution >= 4 is 33.7 Å². The van der Waals surface area contributed by atoms with Gasteiger partial charge in [-0.1, -0.05) is 15.9 Å². The summed E-state index contributed by atoms with van der Waals surface area (Å²) in [4.78, 5) is 16.1. The van der Waals surface area contributed by atoms with Crippen LogP contribution in [0, 0.1) is 0 Å². The summed E-state index contributed by atoms with van der Waals surface area (Å²) >= 11 is 3.44. The van der Waals surface area contributed by atoms with Gasteiger partial charge in [0.1, 0.15) is 11.3 Å². The number of aliphatic imine (C=N–C) groups is 1. The highest BCUT2D eigenvalue weighted by Crippen LogP contribution is 2.38. The number of nitrogens with zero attached hydrogens (tertiary/aromatic N) is 1. The van der Waals surface area contributed by atoms with E-state index in [2.05, 4.69) is 20.9 Å². The Kier molecular flexibility index (Phi) is 4.12. The highest BCUT2D eigenvalue weighted by molar-refractivity contribution is 9.10. The monoisotopic (exact) mass is 379 g/mol. The number of fused-ring (bicyclic) bond motifs is 1. The maximum absolute atomic E-state index is 11.9. The number of aliphatic hydroxyl groups excluding tert-OH is 1. The first kappa shape index (κ1) is 15.6. The van der Waals surface area contributed by atoms with Crippen LogP contribution in [0.25, 0.3) is 6.08 Å². The third-order valence-corrected chi connectivity index (χ3v) is 4.08. The van der Waals surface area contributed by atoms with E-state index in [1.54, 1.807) is 32.1 Å². The highest BCUT2D eigenvalue weighted by Gasteiger charge is 2.28. The zero-order valence-electron chi connectivity index (χ0n) is 12.6. The van der Waals surface area contributed by atoms with Crippen molar-refractivity contribution in [2.45, 2.75) is 13.8 Å². The SMILES string of the molecule is CCOC(=O)C1=C(O)/C(=C\c2cc3c(cc2Br)OCO3)N=C1C. The maximum Gasteiger partial charge on any atom is 0.343 e. The summed E-state index contributed by atoms with van der Waals surface area (Å²) in [5, 5.41) is 10.3. The van der Waals surface area contributed by atoms with Crippen LogP contribution in [0.4, 0.5) is 0 Å². The Morgan fingerprint density at radius 3 is 2.83 bits per heavy atom. The van der Waals surface area contributed by atoms with E-state index in [9.17, 15) is 9.90 Å². The Hall–Kier alpha value is -2.28. The summed E-state index contributed by atoms with van der Waals surface area (Å²) in [6.45, 7) is 3.77. The Morgan fingerprint density at radius 1 is 1.43 bits per heavy atom. The number of hydrogen-bond donors (Lipinski definition) is 1. The van der Waals surface area contributed by atoms with Crippen molar-refractivity contribution in [2.75, 3.05) is 13.4 Å². The first-order valence-electron chi connectivity index (χ1n) is 6.98. The van der Waals surface area contributed by atoms with Crippen LogP contribution in [0.2, 0.25) is 0 Å². The second-order valence-corrected chi connectivity index (χ2v) is 5.75. The molecule has 7 heteroatoms. The average Bonchev–Trinajstić information content (AvgIpc) is 3.04. The number of rotatable bonds is 3. The molecule has 0 aliphatic carbocycles. The molecule has 2 heterocycles. The fourth-order valence-corrected chi connectivity index (χ4v) is 2.76. The van der Waals surface area contributed by atoms with Crippen LogP contribution in [0.1, 0.15) is 19.4 Å². The van der Waals surface area contributed by atoms with E-state index >= 15 is 0 Å². The second kappa shape index (κ2) is 6.08. The molecule has 0 aromatic heterocycles. The normalized spacial score (nSPS) is 17.7. The van der Waals surface area contributed by atoms with Gasteiger partial charge in [-0.3, -0.25) is 0 Å². The Bertz CT molecular complexity index is 779. The summed E-state index contributed by atoms with van der Waals surface area (Å²) < 4.78 is 16.3. The minimum absolute atomic E-state index is 0.0926. The van der Waals surface area contributed by atoms with Crippen LogP contribution < -0.4 is 9.47 Å². The van der Waals surface area contributed by atoms with Crippen molar-refractivity contribution in [1.82, 2.24) is 0 Å². The van der Waals surface area contributed by atoms with Crippen molar-refractivity contribution in [3.8, 4) is 11.5 Å². The van der Waals surface area contributed by atoms with Crippen molar-refractivity contribution in [3.05, 3.63) is 39.2 Å². The molecule has 1 N–H and O–H groups in total. The molecule has 2 aliphatic rings. The van der Waals surface area contributed by atoms with Crippen molar-refractivity contribution in [1.29, 1.82) is 0 Å². The third kappa shape index (κ3) is 2.84. The Morgan fingerprint density at radius 2 is 2.13 bits per heavy atom. The molecule has 0 saturated carbocycles. The molecule has 6 nitrogen and oxygen atoms in total. The van der Waals surface area contributed by atoms with Gasteiger partial charge in [0.25, 0.3) is 0 Å². The lowest BCUT2D eigenvalue weighted by Gasteiger charge is -2.04. The van der Waals surface area contributed by atoms with Gasteiger partial charge in [0.05, 0.1) is 12.3 Å². The van der Waals surface area contributed by atoms with Gasteiger partial charge in [0.2, 0.25) is 6.79 Å². The molecule has 0 bridgehead atoms. The molecule has 1 aromatic rings. The molecule has 0 atom stereocenters. The van der Waals surface area contributed by atoms with Gasteiger partial charge in [-0.05, 0) is 37.6 Å². The molecular formula is C16H14BrNO5. The fraction of sp³-hybridized carbons (Fsp3) is 0.250. The van der Waals surface area contributed by atoms with Gasteiger partial charge >= 0.3 is 5.97 Å². The molecule has 1 aromatic carbocycles. The van der Waals surface area contributed by atoms with Gasteiger partial charge in [0, 0.05) is 4.47 Å². The summed E-state index contributed by atoms with van der Waals surface area (Å²) in [6, 6.07) is 3.56. The molecule has 3 rings (SSSR count). The molecule has 120 valence electrons. The highest BCUT2D eigenvalue weighted by atomic mass is 79.9. The molecule has 0 unspecified atom stereocenters. The van der Waals surface area contributed by atoms with E-state index in [0.717, 1.165) is 10.0 Å². The van der Waals surface area contributed by atoms with Gasteiger partial charge in [-0.2, -0.15) is 0 Å². The topological polar surface area (TPSA) is 77.4 Å². The van der Waals surface area contributed by atoms with E-state index < -0.39 is 5.97 Å². The van der Waals surface area contributed by atoms with Crippen molar-refractivity contribution < 1.29 is 24.1 Å². The largest absolute Gasteiger partial charge is 0.505 e. The molecule has 0 saturated heterocycles. The number of carbonyl (C=O) groups excluding carboxylic acids is 1. The molecule has 0 fully saturated rings. The van der Waals surface area contributed by atoms with Crippen LogP contribution in [0.5, 0.6) is 11.5 Å². The number of benzene rings is 1. The molecular weight excluding hydrogens is 366 g/mol. The van der Waals surface area contributed by atoms with E-state index in [1.165, 1.54) is 0 Å². The van der Waals surface area contributed by atoms with E-state index in [0.29, 0.717) is 22.9 Å². The number of halogens is 1. The summed E-state index contributed by atoms with van der Waals surface area (Å²) in [7, 11) is 0. The van der Waals surface area contributed by atoms with Crippen molar-refractivity contribution in [3.63, 3.8) is 0 Å². The predicted octanol–water partition coefficient (Wildman–Crippen LogP) is 3.37. The van der Waals surface area contributed by atoms with E-state index in [4.69, 9.17) is 14.2 Å². The van der Waals surface area contributed by atoms with E-state index in [1.807, 2.05) is 0 Å². The minimum atomic E-state index is -0.584. The van der Waals surface area contributed by atoms with E-state index in [-0.39, 0.29) is 24.7 Å².